The van der Waals surface area contributed by atoms with Crippen molar-refractivity contribution in [1.29, 1.82) is 0 Å². The number of hydrogen-bond acceptors (Lipinski definition) is 4. The van der Waals surface area contributed by atoms with E-state index < -0.39 is 22.9 Å². The van der Waals surface area contributed by atoms with Crippen molar-refractivity contribution in [2.75, 3.05) is 10.6 Å². The molecule has 0 aliphatic heterocycles. The van der Waals surface area contributed by atoms with E-state index in [0.29, 0.717) is 31.3 Å². The number of hydrogen-bond donors (Lipinski definition) is 3. The van der Waals surface area contributed by atoms with E-state index in [9.17, 15) is 18.8 Å². The minimum absolute atomic E-state index is 0.0306. The fraction of sp³-hybridized carbons (Fsp3) is 0.0645. The number of nitrogens with one attached hydrogen (secondary N) is 3. The van der Waals surface area contributed by atoms with Crippen molar-refractivity contribution >= 4 is 86.1 Å². The largest absolute Gasteiger partial charge is 0.323 e. The second kappa shape index (κ2) is 14.5. The van der Waals surface area contributed by atoms with Gasteiger partial charge in [-0.05, 0) is 85.3 Å². The Balaban J connectivity index is 1.45. The Labute approximate surface area is 264 Å². The van der Waals surface area contributed by atoms with E-state index in [2.05, 4.69) is 31.9 Å². The van der Waals surface area contributed by atoms with Gasteiger partial charge in [-0.1, -0.05) is 63.4 Å². The molecule has 0 heterocycles. The number of benzene rings is 4. The first-order valence-electron chi connectivity index (χ1n) is 12.5. The van der Waals surface area contributed by atoms with Crippen LogP contribution in [0.4, 0.5) is 15.8 Å². The lowest BCUT2D eigenvalue weighted by Crippen LogP contribution is -2.30. The summed E-state index contributed by atoms with van der Waals surface area (Å²) in [6.07, 6.45) is 1.47. The van der Waals surface area contributed by atoms with Gasteiger partial charge in [-0.3, -0.25) is 14.4 Å². The summed E-state index contributed by atoms with van der Waals surface area (Å²) in [5, 5.41) is 8.24. The van der Waals surface area contributed by atoms with Gasteiger partial charge in [-0.25, -0.2) is 4.39 Å². The van der Waals surface area contributed by atoms with E-state index in [1.54, 1.807) is 79.7 Å². The molecule has 3 amide bonds. The number of carbonyl (C=O) groups is 3. The van der Waals surface area contributed by atoms with Crippen molar-refractivity contribution in [3.05, 3.63) is 128 Å². The highest BCUT2D eigenvalue weighted by Gasteiger charge is 2.18. The molecule has 4 aromatic rings. The van der Waals surface area contributed by atoms with E-state index in [1.165, 1.54) is 36.0 Å². The summed E-state index contributed by atoms with van der Waals surface area (Å²) < 4.78 is 14.7. The van der Waals surface area contributed by atoms with Crippen LogP contribution in [-0.2, 0) is 9.59 Å². The predicted molar refractivity (Wildman–Crippen MR) is 171 cm³/mol. The summed E-state index contributed by atoms with van der Waals surface area (Å²) in [6, 6.07) is 24.5. The molecule has 3 N–H and O–H groups in total. The fourth-order valence-corrected chi connectivity index (χ4v) is 5.28. The molecule has 0 saturated carbocycles. The Morgan fingerprint density at radius 2 is 1.62 bits per heavy atom. The Morgan fingerprint density at radius 3 is 2.29 bits per heavy atom. The summed E-state index contributed by atoms with van der Waals surface area (Å²) in [6.45, 7) is 1.71. The third-order valence-corrected chi connectivity index (χ3v) is 7.94. The molecular formula is C31H23BrCl2FN3O3S. The summed E-state index contributed by atoms with van der Waals surface area (Å²) in [5.74, 6) is -1.94. The van der Waals surface area contributed by atoms with Crippen LogP contribution >= 0.6 is 50.9 Å². The molecule has 0 aliphatic carbocycles. The Hall–Kier alpha value is -3.63. The minimum Gasteiger partial charge on any atom is -0.323 e. The van der Waals surface area contributed by atoms with Crippen LogP contribution in [0.2, 0.25) is 10.0 Å². The van der Waals surface area contributed by atoms with Crippen LogP contribution in [0.3, 0.4) is 0 Å². The maximum absolute atomic E-state index is 14.1. The van der Waals surface area contributed by atoms with Gasteiger partial charge < -0.3 is 16.0 Å². The van der Waals surface area contributed by atoms with E-state index >= 15 is 0 Å². The Morgan fingerprint density at radius 1 is 0.905 bits per heavy atom. The zero-order valence-corrected chi connectivity index (χ0v) is 25.9. The van der Waals surface area contributed by atoms with E-state index in [4.69, 9.17) is 23.2 Å². The average molecular weight is 687 g/mol. The Kier molecular flexibility index (Phi) is 10.8. The third-order valence-electron chi connectivity index (χ3n) is 5.77. The van der Waals surface area contributed by atoms with Crippen molar-refractivity contribution in [2.45, 2.75) is 17.1 Å². The zero-order valence-electron chi connectivity index (χ0n) is 22.0. The first-order chi connectivity index (χ1) is 20.1. The van der Waals surface area contributed by atoms with Crippen LogP contribution < -0.4 is 16.0 Å². The Bertz CT molecular complexity index is 1650. The number of anilines is 2. The van der Waals surface area contributed by atoms with Gasteiger partial charge >= 0.3 is 0 Å². The molecule has 1 atom stereocenters. The molecule has 214 valence electrons. The average Bonchev–Trinajstić information content (AvgIpc) is 2.96. The smallest absolute Gasteiger partial charge is 0.272 e. The molecule has 0 fully saturated rings. The van der Waals surface area contributed by atoms with Gasteiger partial charge in [0.2, 0.25) is 5.91 Å². The number of carbonyl (C=O) groups excluding carboxylic acids is 3. The molecule has 0 bridgehead atoms. The summed E-state index contributed by atoms with van der Waals surface area (Å²) in [4.78, 5) is 39.5. The highest BCUT2D eigenvalue weighted by molar-refractivity contribution is 9.10. The fourth-order valence-electron chi connectivity index (χ4n) is 3.61. The van der Waals surface area contributed by atoms with Crippen LogP contribution in [0.5, 0.6) is 0 Å². The molecule has 11 heteroatoms. The summed E-state index contributed by atoms with van der Waals surface area (Å²) in [7, 11) is 0. The second-order valence-corrected chi connectivity index (χ2v) is 12.1. The predicted octanol–water partition coefficient (Wildman–Crippen LogP) is 8.42. The third kappa shape index (κ3) is 8.69. The molecular weight excluding hydrogens is 664 g/mol. The zero-order chi connectivity index (χ0) is 30.2. The molecule has 0 radical (unpaired) electrons. The molecule has 0 aromatic heterocycles. The number of amides is 3. The lowest BCUT2D eigenvalue weighted by atomic mass is 10.1. The van der Waals surface area contributed by atoms with Crippen molar-refractivity contribution in [1.82, 2.24) is 5.32 Å². The molecule has 1 unspecified atom stereocenters. The highest BCUT2D eigenvalue weighted by Crippen LogP contribution is 2.27. The van der Waals surface area contributed by atoms with Crippen LogP contribution in [0, 0.1) is 5.82 Å². The standard InChI is InChI=1S/C31H23BrCl2FN3O3S/c1-18(29(39)37-27-14-8-21(32)16-26(27)35)42-24-12-10-23(11-13-24)36-31(41)28(15-20-7-9-22(33)17-25(20)34)38-30(40)19-5-3-2-4-6-19/h2-18H,1H3,(H,36,41)(H,37,39)(H,38,40)/b28-15-. The lowest BCUT2D eigenvalue weighted by molar-refractivity contribution is -0.115. The second-order valence-electron chi connectivity index (χ2n) is 8.90. The van der Waals surface area contributed by atoms with Gasteiger partial charge in [0.25, 0.3) is 11.8 Å². The molecule has 42 heavy (non-hydrogen) atoms. The van der Waals surface area contributed by atoms with Crippen LogP contribution in [-0.4, -0.2) is 23.0 Å². The van der Waals surface area contributed by atoms with Crippen LogP contribution in [0.15, 0.2) is 106 Å². The van der Waals surface area contributed by atoms with Gasteiger partial charge in [0.05, 0.1) is 10.9 Å². The number of halogens is 4. The number of rotatable bonds is 9. The number of thioether (sulfide) groups is 1. The quantitative estimate of drug-likeness (QED) is 0.122. The maximum Gasteiger partial charge on any atom is 0.272 e. The van der Waals surface area contributed by atoms with Crippen LogP contribution in [0.1, 0.15) is 22.8 Å². The topological polar surface area (TPSA) is 87.3 Å². The van der Waals surface area contributed by atoms with Gasteiger partial charge in [0.1, 0.15) is 11.5 Å². The minimum atomic E-state index is -0.574. The molecule has 0 spiro atoms. The van der Waals surface area contributed by atoms with Gasteiger partial charge in [-0.2, -0.15) is 0 Å². The highest BCUT2D eigenvalue weighted by atomic mass is 79.9. The van der Waals surface area contributed by atoms with Crippen molar-refractivity contribution in [3.8, 4) is 0 Å². The first-order valence-corrected chi connectivity index (χ1v) is 14.9. The van der Waals surface area contributed by atoms with Crippen molar-refractivity contribution < 1.29 is 18.8 Å². The molecule has 4 rings (SSSR count). The van der Waals surface area contributed by atoms with Crippen LogP contribution in [0.25, 0.3) is 6.08 Å². The molecule has 4 aromatic carbocycles. The van der Waals surface area contributed by atoms with Gasteiger partial charge in [-0.15, -0.1) is 11.8 Å². The van der Waals surface area contributed by atoms with E-state index in [-0.39, 0.29) is 17.3 Å². The lowest BCUT2D eigenvalue weighted by Gasteiger charge is -2.14. The summed E-state index contributed by atoms with van der Waals surface area (Å²) in [5.41, 5.74) is 1.39. The molecule has 0 aliphatic rings. The first kappa shape index (κ1) is 31.3. The normalized spacial score (nSPS) is 11.9. The van der Waals surface area contributed by atoms with E-state index in [0.717, 1.165) is 4.90 Å². The molecule has 6 nitrogen and oxygen atoms in total. The summed E-state index contributed by atoms with van der Waals surface area (Å²) >= 11 is 16.8. The SMILES string of the molecule is CC(Sc1ccc(NC(=O)/C(=C/c2ccc(Cl)cc2Cl)NC(=O)c2ccccc2)cc1)C(=O)Nc1ccc(Br)cc1F. The van der Waals surface area contributed by atoms with Gasteiger partial charge in [0, 0.05) is 30.7 Å². The van der Waals surface area contributed by atoms with Crippen molar-refractivity contribution in [3.63, 3.8) is 0 Å². The van der Waals surface area contributed by atoms with Gasteiger partial charge in [0.15, 0.2) is 0 Å². The molecule has 0 saturated heterocycles. The van der Waals surface area contributed by atoms with Crippen molar-refractivity contribution in [2.24, 2.45) is 0 Å². The van der Waals surface area contributed by atoms with E-state index in [1.807, 2.05) is 0 Å². The monoisotopic (exact) mass is 685 g/mol. The maximum atomic E-state index is 14.1.